The SMILES string of the molecule is CC(C)Cc1cccc(N(C)C(C)C)c1. The van der Waals surface area contributed by atoms with Gasteiger partial charge < -0.3 is 4.90 Å². The van der Waals surface area contributed by atoms with Crippen LogP contribution >= 0.6 is 0 Å². The Morgan fingerprint density at radius 1 is 1.13 bits per heavy atom. The normalized spacial score (nSPS) is 11.1. The number of hydrogen-bond acceptors (Lipinski definition) is 1. The Morgan fingerprint density at radius 3 is 2.33 bits per heavy atom. The third-order valence-corrected chi connectivity index (χ3v) is 2.74. The Morgan fingerprint density at radius 2 is 1.80 bits per heavy atom. The second-order valence-corrected chi connectivity index (χ2v) is 4.97. The summed E-state index contributed by atoms with van der Waals surface area (Å²) in [5.41, 5.74) is 2.76. The number of nitrogens with zero attached hydrogens (tertiary/aromatic N) is 1. The van der Waals surface area contributed by atoms with Gasteiger partial charge in [-0.25, -0.2) is 0 Å². The van der Waals surface area contributed by atoms with Crippen LogP contribution in [0.15, 0.2) is 24.3 Å². The fraction of sp³-hybridized carbons (Fsp3) is 0.571. The van der Waals surface area contributed by atoms with Gasteiger partial charge in [0.1, 0.15) is 0 Å². The summed E-state index contributed by atoms with van der Waals surface area (Å²) in [5, 5.41) is 0. The molecule has 0 aliphatic rings. The van der Waals surface area contributed by atoms with Gasteiger partial charge in [0.2, 0.25) is 0 Å². The average molecular weight is 205 g/mol. The van der Waals surface area contributed by atoms with E-state index in [9.17, 15) is 0 Å². The molecule has 0 radical (unpaired) electrons. The van der Waals surface area contributed by atoms with E-state index in [0.717, 1.165) is 5.92 Å². The minimum absolute atomic E-state index is 0.555. The van der Waals surface area contributed by atoms with E-state index in [1.165, 1.54) is 17.7 Å². The highest BCUT2D eigenvalue weighted by Gasteiger charge is 2.05. The van der Waals surface area contributed by atoms with Crippen LogP contribution < -0.4 is 4.90 Å². The molecule has 0 unspecified atom stereocenters. The van der Waals surface area contributed by atoms with Crippen molar-refractivity contribution in [1.29, 1.82) is 0 Å². The first kappa shape index (κ1) is 12.1. The quantitative estimate of drug-likeness (QED) is 0.724. The molecule has 0 heterocycles. The van der Waals surface area contributed by atoms with Gasteiger partial charge >= 0.3 is 0 Å². The lowest BCUT2D eigenvalue weighted by Crippen LogP contribution is -2.25. The summed E-state index contributed by atoms with van der Waals surface area (Å²) in [6, 6.07) is 9.42. The van der Waals surface area contributed by atoms with Crippen LogP contribution in [-0.4, -0.2) is 13.1 Å². The van der Waals surface area contributed by atoms with E-state index in [2.05, 4.69) is 63.9 Å². The molecule has 0 bridgehead atoms. The van der Waals surface area contributed by atoms with Crippen molar-refractivity contribution in [2.24, 2.45) is 5.92 Å². The fourth-order valence-corrected chi connectivity index (χ4v) is 1.67. The Balaban J connectivity index is 2.82. The maximum absolute atomic E-state index is 2.31. The van der Waals surface area contributed by atoms with Crippen LogP contribution in [0.2, 0.25) is 0 Å². The smallest absolute Gasteiger partial charge is 0.0368 e. The summed E-state index contributed by atoms with van der Waals surface area (Å²) in [6.45, 7) is 8.96. The molecular weight excluding hydrogens is 182 g/mol. The molecule has 1 rings (SSSR count). The lowest BCUT2D eigenvalue weighted by molar-refractivity contribution is 0.646. The van der Waals surface area contributed by atoms with E-state index in [4.69, 9.17) is 0 Å². The van der Waals surface area contributed by atoms with Gasteiger partial charge in [0.15, 0.2) is 0 Å². The first-order chi connectivity index (χ1) is 7.00. The summed E-state index contributed by atoms with van der Waals surface area (Å²) >= 11 is 0. The Kier molecular flexibility index (Phi) is 4.19. The molecule has 0 aliphatic carbocycles. The van der Waals surface area contributed by atoms with Crippen LogP contribution in [0.3, 0.4) is 0 Å². The van der Waals surface area contributed by atoms with Gasteiger partial charge in [-0.3, -0.25) is 0 Å². The Labute approximate surface area is 94.1 Å². The average Bonchev–Trinajstić information content (AvgIpc) is 2.16. The van der Waals surface area contributed by atoms with Gasteiger partial charge in [-0.05, 0) is 43.9 Å². The van der Waals surface area contributed by atoms with Gasteiger partial charge in [0, 0.05) is 18.8 Å². The second-order valence-electron chi connectivity index (χ2n) is 4.97. The number of anilines is 1. The molecular formula is C14H23N. The topological polar surface area (TPSA) is 3.24 Å². The van der Waals surface area contributed by atoms with E-state index in [1.807, 2.05) is 0 Å². The molecule has 0 N–H and O–H groups in total. The zero-order valence-electron chi connectivity index (χ0n) is 10.6. The second kappa shape index (κ2) is 5.20. The predicted molar refractivity (Wildman–Crippen MR) is 68.5 cm³/mol. The van der Waals surface area contributed by atoms with Crippen LogP contribution in [0.1, 0.15) is 33.3 Å². The van der Waals surface area contributed by atoms with Crippen molar-refractivity contribution in [2.75, 3.05) is 11.9 Å². The maximum Gasteiger partial charge on any atom is 0.0368 e. The highest BCUT2D eigenvalue weighted by atomic mass is 15.1. The van der Waals surface area contributed by atoms with Crippen LogP contribution in [0.5, 0.6) is 0 Å². The molecule has 15 heavy (non-hydrogen) atoms. The monoisotopic (exact) mass is 205 g/mol. The summed E-state index contributed by atoms with van der Waals surface area (Å²) in [7, 11) is 2.15. The largest absolute Gasteiger partial charge is 0.372 e. The van der Waals surface area contributed by atoms with Gasteiger partial charge in [-0.1, -0.05) is 26.0 Å². The number of hydrogen-bond donors (Lipinski definition) is 0. The zero-order valence-corrected chi connectivity index (χ0v) is 10.6. The van der Waals surface area contributed by atoms with E-state index in [-0.39, 0.29) is 0 Å². The fourth-order valence-electron chi connectivity index (χ4n) is 1.67. The van der Waals surface area contributed by atoms with E-state index in [0.29, 0.717) is 6.04 Å². The lowest BCUT2D eigenvalue weighted by Gasteiger charge is -2.24. The molecule has 0 aliphatic heterocycles. The van der Waals surface area contributed by atoms with Crippen molar-refractivity contribution < 1.29 is 0 Å². The summed E-state index contributed by atoms with van der Waals surface area (Å²) in [4.78, 5) is 2.31. The highest BCUT2D eigenvalue weighted by Crippen LogP contribution is 2.18. The number of benzene rings is 1. The van der Waals surface area contributed by atoms with E-state index < -0.39 is 0 Å². The van der Waals surface area contributed by atoms with E-state index in [1.54, 1.807) is 0 Å². The van der Waals surface area contributed by atoms with Crippen LogP contribution in [0.4, 0.5) is 5.69 Å². The van der Waals surface area contributed by atoms with Crippen molar-refractivity contribution in [3.05, 3.63) is 29.8 Å². The molecule has 84 valence electrons. The molecule has 1 nitrogen and oxygen atoms in total. The molecule has 1 aromatic carbocycles. The molecule has 0 saturated carbocycles. The lowest BCUT2D eigenvalue weighted by atomic mass is 10.0. The van der Waals surface area contributed by atoms with Crippen LogP contribution in [-0.2, 0) is 6.42 Å². The minimum Gasteiger partial charge on any atom is -0.372 e. The standard InChI is InChI=1S/C14H23N/c1-11(2)9-13-7-6-8-14(10-13)15(5)12(3)4/h6-8,10-12H,9H2,1-5H3. The van der Waals surface area contributed by atoms with Gasteiger partial charge in [-0.2, -0.15) is 0 Å². The highest BCUT2D eigenvalue weighted by molar-refractivity contribution is 5.48. The van der Waals surface area contributed by atoms with Crippen molar-refractivity contribution >= 4 is 5.69 Å². The summed E-state index contributed by atoms with van der Waals surface area (Å²) in [5.74, 6) is 0.726. The Bertz CT molecular complexity index is 302. The van der Waals surface area contributed by atoms with Gasteiger partial charge in [-0.15, -0.1) is 0 Å². The summed E-state index contributed by atoms with van der Waals surface area (Å²) in [6.07, 6.45) is 1.17. The minimum atomic E-state index is 0.555. The molecule has 0 amide bonds. The Hall–Kier alpha value is -0.980. The molecule has 0 fully saturated rings. The van der Waals surface area contributed by atoms with Crippen molar-refractivity contribution in [2.45, 2.75) is 40.2 Å². The van der Waals surface area contributed by atoms with Gasteiger partial charge in [0.05, 0.1) is 0 Å². The van der Waals surface area contributed by atoms with Crippen molar-refractivity contribution in [3.63, 3.8) is 0 Å². The molecule has 0 atom stereocenters. The first-order valence-corrected chi connectivity index (χ1v) is 5.82. The third kappa shape index (κ3) is 3.58. The van der Waals surface area contributed by atoms with Crippen LogP contribution in [0.25, 0.3) is 0 Å². The zero-order chi connectivity index (χ0) is 11.4. The van der Waals surface area contributed by atoms with Crippen LogP contribution in [0, 0.1) is 5.92 Å². The molecule has 1 heteroatoms. The molecule has 1 aromatic rings. The van der Waals surface area contributed by atoms with Gasteiger partial charge in [0.25, 0.3) is 0 Å². The molecule has 0 spiro atoms. The molecule has 0 aromatic heterocycles. The first-order valence-electron chi connectivity index (χ1n) is 5.82. The predicted octanol–water partition coefficient (Wildman–Crippen LogP) is 3.73. The van der Waals surface area contributed by atoms with Crippen molar-refractivity contribution in [3.8, 4) is 0 Å². The van der Waals surface area contributed by atoms with E-state index >= 15 is 0 Å². The third-order valence-electron chi connectivity index (χ3n) is 2.74. The number of rotatable bonds is 4. The maximum atomic E-state index is 2.31. The molecule has 0 saturated heterocycles. The summed E-state index contributed by atoms with van der Waals surface area (Å²) < 4.78 is 0. The van der Waals surface area contributed by atoms with Crippen molar-refractivity contribution in [1.82, 2.24) is 0 Å².